The lowest BCUT2D eigenvalue weighted by Gasteiger charge is -2.34. The summed E-state index contributed by atoms with van der Waals surface area (Å²) in [5, 5.41) is 0. The van der Waals surface area contributed by atoms with Crippen molar-refractivity contribution in [2.45, 2.75) is 57.4 Å². The van der Waals surface area contributed by atoms with Gasteiger partial charge >= 0.3 is 0 Å². The van der Waals surface area contributed by atoms with Crippen LogP contribution in [0.4, 0.5) is 0 Å². The first kappa shape index (κ1) is 14.0. The van der Waals surface area contributed by atoms with Crippen LogP contribution >= 0.6 is 11.3 Å². The number of hydrogen-bond acceptors (Lipinski definition) is 3. The highest BCUT2D eigenvalue weighted by atomic mass is 32.2. The molecule has 0 aromatic carbocycles. The molecule has 0 amide bonds. The minimum absolute atomic E-state index is 0.184. The summed E-state index contributed by atoms with van der Waals surface area (Å²) < 4.78 is 27.2. The molecule has 1 aromatic heterocycles. The van der Waals surface area contributed by atoms with E-state index >= 15 is 0 Å². The van der Waals surface area contributed by atoms with Crippen molar-refractivity contribution in [2.24, 2.45) is 0 Å². The van der Waals surface area contributed by atoms with E-state index in [4.69, 9.17) is 0 Å². The van der Waals surface area contributed by atoms with E-state index in [0.29, 0.717) is 11.4 Å². The molecule has 2 rings (SSSR count). The molecule has 0 radical (unpaired) electrons. The van der Waals surface area contributed by atoms with Gasteiger partial charge in [-0.2, -0.15) is 4.31 Å². The van der Waals surface area contributed by atoms with Gasteiger partial charge in [0.05, 0.1) is 4.90 Å². The van der Waals surface area contributed by atoms with E-state index < -0.39 is 10.0 Å². The van der Waals surface area contributed by atoms with Crippen molar-refractivity contribution in [2.75, 3.05) is 6.54 Å². The zero-order chi connectivity index (χ0) is 13.3. The van der Waals surface area contributed by atoms with Crippen LogP contribution in [0.25, 0.3) is 0 Å². The Hall–Kier alpha value is -0.390. The summed E-state index contributed by atoms with van der Waals surface area (Å²) in [7, 11) is -3.29. The fourth-order valence-electron chi connectivity index (χ4n) is 2.69. The number of thiophene rings is 1. The Labute approximate surface area is 114 Å². The first-order valence-electron chi connectivity index (χ1n) is 6.55. The van der Waals surface area contributed by atoms with Crippen LogP contribution in [0.5, 0.6) is 0 Å². The highest BCUT2D eigenvalue weighted by Crippen LogP contribution is 2.32. The molecule has 0 saturated carbocycles. The van der Waals surface area contributed by atoms with Crippen molar-refractivity contribution in [1.29, 1.82) is 0 Å². The Kier molecular flexibility index (Phi) is 4.14. The molecular formula is C13H21NO2S2. The van der Waals surface area contributed by atoms with Gasteiger partial charge in [0.25, 0.3) is 0 Å². The predicted octanol–water partition coefficient (Wildman–Crippen LogP) is 3.32. The number of sulfonamides is 1. The maximum Gasteiger partial charge on any atom is 0.244 e. The molecule has 1 saturated heterocycles. The molecule has 0 spiro atoms. The van der Waals surface area contributed by atoms with Gasteiger partial charge in [0.2, 0.25) is 10.0 Å². The monoisotopic (exact) mass is 287 g/mol. The van der Waals surface area contributed by atoms with Crippen molar-refractivity contribution < 1.29 is 8.42 Å². The van der Waals surface area contributed by atoms with Gasteiger partial charge in [-0.15, -0.1) is 11.3 Å². The van der Waals surface area contributed by atoms with Gasteiger partial charge in [0, 0.05) is 22.3 Å². The number of rotatable bonds is 3. The minimum atomic E-state index is -3.29. The SMILES string of the molecule is CCC1CCCCN1S(=O)(=O)c1cc(C)sc1C. The third-order valence-corrected chi connectivity index (χ3v) is 6.80. The Bertz CT molecular complexity index is 519. The Balaban J connectivity index is 2.38. The van der Waals surface area contributed by atoms with E-state index in [0.717, 1.165) is 35.4 Å². The summed E-state index contributed by atoms with van der Waals surface area (Å²) in [6, 6.07) is 2.00. The van der Waals surface area contributed by atoms with Crippen LogP contribution in [0, 0.1) is 13.8 Å². The van der Waals surface area contributed by atoms with Crippen LogP contribution in [0.3, 0.4) is 0 Å². The zero-order valence-electron chi connectivity index (χ0n) is 11.3. The number of piperidine rings is 1. The number of hydrogen-bond donors (Lipinski definition) is 0. The van der Waals surface area contributed by atoms with Crippen LogP contribution < -0.4 is 0 Å². The number of nitrogens with zero attached hydrogens (tertiary/aromatic N) is 1. The summed E-state index contributed by atoms with van der Waals surface area (Å²) in [6.07, 6.45) is 4.03. The number of aryl methyl sites for hydroxylation is 2. The molecule has 1 unspecified atom stereocenters. The zero-order valence-corrected chi connectivity index (χ0v) is 12.9. The van der Waals surface area contributed by atoms with E-state index in [1.807, 2.05) is 19.9 Å². The molecule has 0 aliphatic carbocycles. The minimum Gasteiger partial charge on any atom is -0.207 e. The molecular weight excluding hydrogens is 266 g/mol. The fourth-order valence-corrected chi connectivity index (χ4v) is 5.98. The first-order valence-corrected chi connectivity index (χ1v) is 8.81. The molecule has 1 aliphatic heterocycles. The van der Waals surface area contributed by atoms with Gasteiger partial charge in [0.1, 0.15) is 0 Å². The molecule has 1 aromatic rings. The molecule has 1 fully saturated rings. The van der Waals surface area contributed by atoms with Gasteiger partial charge in [-0.3, -0.25) is 0 Å². The molecule has 102 valence electrons. The normalized spacial score (nSPS) is 22.3. The second-order valence-corrected chi connectivity index (χ2v) is 8.27. The molecule has 1 atom stereocenters. The van der Waals surface area contributed by atoms with Crippen LogP contribution in [0.2, 0.25) is 0 Å². The lowest BCUT2D eigenvalue weighted by Crippen LogP contribution is -2.43. The summed E-state index contributed by atoms with van der Waals surface area (Å²) in [5.74, 6) is 0. The smallest absolute Gasteiger partial charge is 0.207 e. The van der Waals surface area contributed by atoms with E-state index in [9.17, 15) is 8.42 Å². The standard InChI is InChI=1S/C13H21NO2S2/c1-4-12-7-5-6-8-14(12)18(15,16)13-9-10(2)17-11(13)3/h9,12H,4-8H2,1-3H3. The molecule has 2 heterocycles. The third kappa shape index (κ3) is 2.49. The van der Waals surface area contributed by atoms with Crippen molar-refractivity contribution in [3.8, 4) is 0 Å². The summed E-state index contributed by atoms with van der Waals surface area (Å²) in [5.41, 5.74) is 0. The molecule has 5 heteroatoms. The van der Waals surface area contributed by atoms with Crippen molar-refractivity contribution in [1.82, 2.24) is 4.31 Å². The van der Waals surface area contributed by atoms with Crippen molar-refractivity contribution in [3.63, 3.8) is 0 Å². The second-order valence-electron chi connectivity index (χ2n) is 4.95. The lowest BCUT2D eigenvalue weighted by atomic mass is 10.0. The van der Waals surface area contributed by atoms with Crippen LogP contribution in [0.1, 0.15) is 42.4 Å². The van der Waals surface area contributed by atoms with E-state index in [1.165, 1.54) is 0 Å². The molecule has 18 heavy (non-hydrogen) atoms. The quantitative estimate of drug-likeness (QED) is 0.855. The Morgan fingerprint density at radius 1 is 1.39 bits per heavy atom. The van der Waals surface area contributed by atoms with Crippen molar-refractivity contribution in [3.05, 3.63) is 15.8 Å². The summed E-state index contributed by atoms with van der Waals surface area (Å²) >= 11 is 1.56. The average Bonchev–Trinajstić information content (AvgIpc) is 2.69. The first-order chi connectivity index (χ1) is 8.46. The van der Waals surface area contributed by atoms with Crippen molar-refractivity contribution >= 4 is 21.4 Å². The highest BCUT2D eigenvalue weighted by Gasteiger charge is 2.33. The molecule has 0 N–H and O–H groups in total. The second kappa shape index (κ2) is 5.31. The largest absolute Gasteiger partial charge is 0.244 e. The summed E-state index contributed by atoms with van der Waals surface area (Å²) in [4.78, 5) is 2.49. The van der Waals surface area contributed by atoms with Crippen LogP contribution in [0.15, 0.2) is 11.0 Å². The molecule has 1 aliphatic rings. The van der Waals surface area contributed by atoms with Crippen LogP contribution in [-0.4, -0.2) is 25.3 Å². The van der Waals surface area contributed by atoms with E-state index in [2.05, 4.69) is 6.92 Å². The van der Waals surface area contributed by atoms with Gasteiger partial charge in [-0.1, -0.05) is 13.3 Å². The van der Waals surface area contributed by atoms with E-state index in [1.54, 1.807) is 15.6 Å². The fraction of sp³-hybridized carbons (Fsp3) is 0.692. The van der Waals surface area contributed by atoms with Gasteiger partial charge < -0.3 is 0 Å². The predicted molar refractivity (Wildman–Crippen MR) is 75.6 cm³/mol. The lowest BCUT2D eigenvalue weighted by molar-refractivity contribution is 0.246. The van der Waals surface area contributed by atoms with Crippen LogP contribution in [-0.2, 0) is 10.0 Å². The third-order valence-electron chi connectivity index (χ3n) is 3.63. The highest BCUT2D eigenvalue weighted by molar-refractivity contribution is 7.89. The Morgan fingerprint density at radius 3 is 2.67 bits per heavy atom. The average molecular weight is 287 g/mol. The Morgan fingerprint density at radius 2 is 2.11 bits per heavy atom. The summed E-state index contributed by atoms with van der Waals surface area (Å²) in [6.45, 7) is 6.61. The molecule has 3 nitrogen and oxygen atoms in total. The maximum atomic E-state index is 12.7. The topological polar surface area (TPSA) is 37.4 Å². The van der Waals surface area contributed by atoms with Gasteiger partial charge in [0.15, 0.2) is 0 Å². The van der Waals surface area contributed by atoms with E-state index in [-0.39, 0.29) is 6.04 Å². The van der Waals surface area contributed by atoms with Gasteiger partial charge in [-0.05, 0) is 39.2 Å². The maximum absolute atomic E-state index is 12.7. The molecule has 0 bridgehead atoms. The van der Waals surface area contributed by atoms with Gasteiger partial charge in [-0.25, -0.2) is 8.42 Å².